The van der Waals surface area contributed by atoms with Crippen molar-refractivity contribution in [2.24, 2.45) is 0 Å². The molecule has 2 heterocycles. The van der Waals surface area contributed by atoms with Crippen LogP contribution in [0.2, 0.25) is 5.02 Å². The Morgan fingerprint density at radius 1 is 1.30 bits per heavy atom. The predicted molar refractivity (Wildman–Crippen MR) is 122 cm³/mol. The monoisotopic (exact) mass is 464 g/mol. The van der Waals surface area contributed by atoms with Crippen molar-refractivity contribution in [1.29, 1.82) is 0 Å². The summed E-state index contributed by atoms with van der Waals surface area (Å²) in [6.07, 6.45) is 3.09. The third-order valence-corrected chi connectivity index (χ3v) is 7.31. The summed E-state index contributed by atoms with van der Waals surface area (Å²) in [4.78, 5) is 20.3. The fourth-order valence-electron chi connectivity index (χ4n) is 3.38. The topological polar surface area (TPSA) is 42.4 Å². The zero-order chi connectivity index (χ0) is 20.9. The number of anilines is 1. The molecule has 1 aromatic heterocycles. The molecule has 1 atom stereocenters. The van der Waals surface area contributed by atoms with E-state index in [9.17, 15) is 9.18 Å². The minimum absolute atomic E-state index is 0.00155. The van der Waals surface area contributed by atoms with E-state index in [1.807, 2.05) is 30.3 Å². The summed E-state index contributed by atoms with van der Waals surface area (Å²) in [5, 5.41) is 1.26. The standard InChI is InChI=1S/C22H22ClFN2O2S2/c23-15-8-10-17(11-9-15)29-13-3-7-20(27)26(14-16-4-2-12-28-16)22-25-21-18(24)5-1-6-19(21)30-22/h1,5-6,8-11,16H,2-4,7,12-14H2. The van der Waals surface area contributed by atoms with E-state index in [1.54, 1.807) is 22.7 Å². The Morgan fingerprint density at radius 3 is 2.87 bits per heavy atom. The van der Waals surface area contributed by atoms with Crippen molar-refractivity contribution in [3.8, 4) is 0 Å². The molecule has 0 radical (unpaired) electrons. The van der Waals surface area contributed by atoms with Gasteiger partial charge in [0.05, 0.1) is 17.3 Å². The lowest BCUT2D eigenvalue weighted by Gasteiger charge is -2.23. The van der Waals surface area contributed by atoms with Gasteiger partial charge in [-0.25, -0.2) is 9.37 Å². The summed E-state index contributed by atoms with van der Waals surface area (Å²) >= 11 is 8.97. The van der Waals surface area contributed by atoms with Crippen LogP contribution >= 0.6 is 34.7 Å². The number of hydrogen-bond donors (Lipinski definition) is 0. The zero-order valence-electron chi connectivity index (χ0n) is 16.4. The summed E-state index contributed by atoms with van der Waals surface area (Å²) in [5.74, 6) is 0.468. The largest absolute Gasteiger partial charge is 0.376 e. The molecular weight excluding hydrogens is 443 g/mol. The van der Waals surface area contributed by atoms with E-state index in [4.69, 9.17) is 16.3 Å². The number of hydrogen-bond acceptors (Lipinski definition) is 5. The highest BCUT2D eigenvalue weighted by Gasteiger charge is 2.26. The number of fused-ring (bicyclic) bond motifs is 1. The number of amides is 1. The number of thioether (sulfide) groups is 1. The van der Waals surface area contributed by atoms with Crippen molar-refractivity contribution >= 4 is 56.0 Å². The molecule has 30 heavy (non-hydrogen) atoms. The van der Waals surface area contributed by atoms with Crippen LogP contribution < -0.4 is 4.90 Å². The molecule has 1 fully saturated rings. The first-order valence-electron chi connectivity index (χ1n) is 9.95. The van der Waals surface area contributed by atoms with Gasteiger partial charge in [-0.1, -0.05) is 29.0 Å². The average Bonchev–Trinajstić information content (AvgIpc) is 3.41. The van der Waals surface area contributed by atoms with E-state index in [2.05, 4.69) is 4.98 Å². The second kappa shape index (κ2) is 10.1. The van der Waals surface area contributed by atoms with Gasteiger partial charge in [-0.3, -0.25) is 9.69 Å². The molecule has 4 nitrogen and oxygen atoms in total. The van der Waals surface area contributed by atoms with E-state index in [-0.39, 0.29) is 17.8 Å². The third kappa shape index (κ3) is 5.32. The first-order valence-corrected chi connectivity index (χ1v) is 12.1. The SMILES string of the molecule is O=C(CCCSc1ccc(Cl)cc1)N(CC1CCCO1)c1nc2c(F)cccc2s1. The minimum Gasteiger partial charge on any atom is -0.376 e. The van der Waals surface area contributed by atoms with E-state index < -0.39 is 0 Å². The number of thiazole rings is 1. The first-order chi connectivity index (χ1) is 14.6. The van der Waals surface area contributed by atoms with E-state index in [1.165, 1.54) is 17.4 Å². The Labute approximate surface area is 188 Å². The molecule has 4 rings (SSSR count). The van der Waals surface area contributed by atoms with Crippen LogP contribution in [0.25, 0.3) is 10.2 Å². The van der Waals surface area contributed by atoms with Gasteiger partial charge in [0, 0.05) is 22.9 Å². The van der Waals surface area contributed by atoms with Crippen molar-refractivity contribution in [1.82, 2.24) is 4.98 Å². The molecule has 0 saturated carbocycles. The quantitative estimate of drug-likeness (QED) is 0.295. The van der Waals surface area contributed by atoms with Crippen LogP contribution in [-0.4, -0.2) is 35.9 Å². The van der Waals surface area contributed by atoms with Gasteiger partial charge in [-0.2, -0.15) is 0 Å². The first kappa shape index (κ1) is 21.6. The Hall–Kier alpha value is -1.67. The number of benzene rings is 2. The number of halogens is 2. The zero-order valence-corrected chi connectivity index (χ0v) is 18.7. The van der Waals surface area contributed by atoms with E-state index >= 15 is 0 Å². The molecule has 158 valence electrons. The molecule has 0 aliphatic carbocycles. The molecule has 1 aliphatic heterocycles. The van der Waals surface area contributed by atoms with Gasteiger partial charge in [0.15, 0.2) is 5.13 Å². The van der Waals surface area contributed by atoms with Gasteiger partial charge in [-0.15, -0.1) is 11.8 Å². The van der Waals surface area contributed by atoms with Crippen molar-refractivity contribution in [3.05, 3.63) is 53.3 Å². The second-order valence-electron chi connectivity index (χ2n) is 7.13. The summed E-state index contributed by atoms with van der Waals surface area (Å²) in [6, 6.07) is 12.6. The summed E-state index contributed by atoms with van der Waals surface area (Å²) in [7, 11) is 0. The molecule has 0 spiro atoms. The summed E-state index contributed by atoms with van der Waals surface area (Å²) < 4.78 is 20.6. The maximum atomic E-state index is 14.1. The molecule has 2 aromatic carbocycles. The third-order valence-electron chi connectivity index (χ3n) is 4.92. The molecule has 0 N–H and O–H groups in total. The highest BCUT2D eigenvalue weighted by Crippen LogP contribution is 2.32. The number of aromatic nitrogens is 1. The van der Waals surface area contributed by atoms with Crippen LogP contribution in [-0.2, 0) is 9.53 Å². The molecule has 8 heteroatoms. The number of carbonyl (C=O) groups is 1. The van der Waals surface area contributed by atoms with Gasteiger partial charge in [0.2, 0.25) is 5.91 Å². The van der Waals surface area contributed by atoms with Crippen molar-refractivity contribution in [2.75, 3.05) is 23.8 Å². The Morgan fingerprint density at radius 2 is 2.13 bits per heavy atom. The average molecular weight is 465 g/mol. The van der Waals surface area contributed by atoms with Crippen molar-refractivity contribution in [3.63, 3.8) is 0 Å². The molecule has 3 aromatic rings. The number of nitrogens with zero attached hydrogens (tertiary/aromatic N) is 2. The van der Waals surface area contributed by atoms with Crippen LogP contribution in [0.15, 0.2) is 47.4 Å². The maximum Gasteiger partial charge on any atom is 0.228 e. The lowest BCUT2D eigenvalue weighted by atomic mass is 10.2. The highest BCUT2D eigenvalue weighted by molar-refractivity contribution is 7.99. The van der Waals surface area contributed by atoms with E-state index in [0.29, 0.717) is 28.6 Å². The number of carbonyl (C=O) groups excluding carboxylic acids is 1. The van der Waals surface area contributed by atoms with Gasteiger partial charge in [0.25, 0.3) is 0 Å². The Kier molecular flexibility index (Phi) is 7.25. The fourth-order valence-corrected chi connectivity index (χ4v) is 5.36. The number of ether oxygens (including phenoxy) is 1. The maximum absolute atomic E-state index is 14.1. The Bertz CT molecular complexity index is 1010. The minimum atomic E-state index is -0.362. The van der Waals surface area contributed by atoms with Gasteiger partial charge in [-0.05, 0) is 61.4 Å². The number of para-hydroxylation sites is 1. The van der Waals surface area contributed by atoms with Crippen LogP contribution in [0.1, 0.15) is 25.7 Å². The molecule has 1 saturated heterocycles. The highest BCUT2D eigenvalue weighted by atomic mass is 35.5. The molecule has 1 unspecified atom stereocenters. The van der Waals surface area contributed by atoms with Gasteiger partial charge in [0.1, 0.15) is 11.3 Å². The van der Waals surface area contributed by atoms with E-state index in [0.717, 1.165) is 41.2 Å². The van der Waals surface area contributed by atoms with Gasteiger partial charge >= 0.3 is 0 Å². The van der Waals surface area contributed by atoms with Crippen LogP contribution in [0.5, 0.6) is 0 Å². The van der Waals surface area contributed by atoms with Crippen molar-refractivity contribution < 1.29 is 13.9 Å². The fraction of sp³-hybridized carbons (Fsp3) is 0.364. The number of rotatable bonds is 8. The smallest absolute Gasteiger partial charge is 0.228 e. The summed E-state index contributed by atoms with van der Waals surface area (Å²) in [5.41, 5.74) is 0.320. The summed E-state index contributed by atoms with van der Waals surface area (Å²) in [6.45, 7) is 1.18. The van der Waals surface area contributed by atoms with Crippen LogP contribution in [0.4, 0.5) is 9.52 Å². The lowest BCUT2D eigenvalue weighted by molar-refractivity contribution is -0.119. The Balaban J connectivity index is 1.42. The molecule has 1 amide bonds. The second-order valence-corrected chi connectivity index (χ2v) is 9.74. The molecule has 0 bridgehead atoms. The van der Waals surface area contributed by atoms with Crippen LogP contribution in [0.3, 0.4) is 0 Å². The van der Waals surface area contributed by atoms with Crippen LogP contribution in [0, 0.1) is 5.82 Å². The predicted octanol–water partition coefficient (Wildman–Crippen LogP) is 6.17. The van der Waals surface area contributed by atoms with Gasteiger partial charge < -0.3 is 4.74 Å². The lowest BCUT2D eigenvalue weighted by Crippen LogP contribution is -2.37. The molecular formula is C22H22ClFN2O2S2. The normalized spacial score (nSPS) is 16.3. The molecule has 1 aliphatic rings. The van der Waals surface area contributed by atoms with Crippen molar-refractivity contribution in [2.45, 2.75) is 36.7 Å².